The van der Waals surface area contributed by atoms with E-state index in [1.54, 1.807) is 24.3 Å². The van der Waals surface area contributed by atoms with Crippen molar-refractivity contribution in [3.8, 4) is 5.75 Å². The van der Waals surface area contributed by atoms with E-state index in [-0.39, 0.29) is 11.1 Å². The summed E-state index contributed by atoms with van der Waals surface area (Å²) in [7, 11) is 1.45. The zero-order valence-corrected chi connectivity index (χ0v) is 14.2. The second-order valence-electron chi connectivity index (χ2n) is 4.15. The Morgan fingerprint density at radius 1 is 1.48 bits per heavy atom. The largest absolute Gasteiger partial charge is 0.487 e. The number of likely N-dealkylation sites (N-methyl/N-ethyl adjacent to an activating group) is 1. The third-order valence-corrected chi connectivity index (χ3v) is 4.48. The molecule has 2 rings (SSSR count). The van der Waals surface area contributed by atoms with Gasteiger partial charge in [0.15, 0.2) is 5.75 Å². The number of halogens is 2. The summed E-state index contributed by atoms with van der Waals surface area (Å²) >= 11 is 10.4. The number of hydrogen-bond donors (Lipinski definition) is 0. The average Bonchev–Trinajstić information content (AvgIpc) is 2.65. The molecule has 4 nitrogen and oxygen atoms in total. The van der Waals surface area contributed by atoms with E-state index < -0.39 is 0 Å². The van der Waals surface area contributed by atoms with Crippen molar-refractivity contribution in [2.24, 2.45) is 0 Å². The van der Waals surface area contributed by atoms with Crippen LogP contribution in [0, 0.1) is 0 Å². The highest BCUT2D eigenvalue weighted by atomic mass is 79.9. The van der Waals surface area contributed by atoms with Crippen LogP contribution in [0.1, 0.15) is 5.56 Å². The number of imide groups is 1. The zero-order chi connectivity index (χ0) is 15.6. The fourth-order valence-electron chi connectivity index (χ4n) is 1.64. The van der Waals surface area contributed by atoms with E-state index in [4.69, 9.17) is 16.3 Å². The van der Waals surface area contributed by atoms with Crippen molar-refractivity contribution in [1.29, 1.82) is 0 Å². The molecule has 1 fully saturated rings. The number of ether oxygens (including phenoxy) is 1. The van der Waals surface area contributed by atoms with E-state index in [2.05, 4.69) is 22.5 Å². The molecule has 1 aliphatic heterocycles. The molecule has 1 heterocycles. The fourth-order valence-corrected chi connectivity index (χ4v) is 3.46. The highest BCUT2D eigenvalue weighted by Gasteiger charge is 2.31. The molecule has 0 N–H and O–H groups in total. The molecular weight excluding hydrogens is 378 g/mol. The molecule has 0 spiro atoms. The van der Waals surface area contributed by atoms with Crippen LogP contribution in [0.4, 0.5) is 4.79 Å². The number of nitrogens with zero attached hydrogens (tertiary/aromatic N) is 1. The molecule has 0 atom stereocenters. The van der Waals surface area contributed by atoms with Crippen molar-refractivity contribution >= 4 is 56.5 Å². The van der Waals surface area contributed by atoms with Crippen LogP contribution in [0.5, 0.6) is 5.75 Å². The van der Waals surface area contributed by atoms with Gasteiger partial charge in [-0.1, -0.05) is 24.3 Å². The van der Waals surface area contributed by atoms with Gasteiger partial charge >= 0.3 is 0 Å². The second-order valence-corrected chi connectivity index (χ2v) is 6.41. The van der Waals surface area contributed by atoms with Crippen LogP contribution in [0.2, 0.25) is 5.02 Å². The summed E-state index contributed by atoms with van der Waals surface area (Å²) in [6, 6.07) is 3.45. The van der Waals surface area contributed by atoms with Crippen molar-refractivity contribution in [2.75, 3.05) is 13.7 Å². The first-order valence-electron chi connectivity index (χ1n) is 5.88. The molecule has 2 amide bonds. The van der Waals surface area contributed by atoms with Crippen molar-refractivity contribution < 1.29 is 14.3 Å². The first kappa shape index (κ1) is 16.1. The molecule has 110 valence electrons. The van der Waals surface area contributed by atoms with Gasteiger partial charge in [-0.25, -0.2) is 0 Å². The molecule has 0 saturated carbocycles. The number of hydrogen-bond acceptors (Lipinski definition) is 4. The van der Waals surface area contributed by atoms with Gasteiger partial charge in [-0.2, -0.15) is 0 Å². The maximum Gasteiger partial charge on any atom is 0.293 e. The molecule has 1 aromatic carbocycles. The smallest absolute Gasteiger partial charge is 0.293 e. The van der Waals surface area contributed by atoms with Gasteiger partial charge in [0.25, 0.3) is 11.1 Å². The molecule has 0 bridgehead atoms. The summed E-state index contributed by atoms with van der Waals surface area (Å²) in [5, 5.41) is 0.121. The van der Waals surface area contributed by atoms with Gasteiger partial charge in [0, 0.05) is 7.05 Å². The van der Waals surface area contributed by atoms with Gasteiger partial charge in [0.2, 0.25) is 0 Å². The number of benzene rings is 1. The van der Waals surface area contributed by atoms with Crippen molar-refractivity contribution in [2.45, 2.75) is 0 Å². The van der Waals surface area contributed by atoms with Crippen molar-refractivity contribution in [3.63, 3.8) is 0 Å². The SMILES string of the molecule is C=CCOc1c(Cl)cc(/C=C2\SC(=O)N(C)C2=O)cc1Br. The van der Waals surface area contributed by atoms with Crippen LogP contribution in [0.15, 0.2) is 34.2 Å². The first-order chi connectivity index (χ1) is 9.93. The minimum absolute atomic E-state index is 0.289. The molecule has 1 saturated heterocycles. The summed E-state index contributed by atoms with van der Waals surface area (Å²) in [4.78, 5) is 24.7. The Hall–Kier alpha value is -1.24. The van der Waals surface area contributed by atoms with Crippen molar-refractivity contribution in [3.05, 3.63) is 44.8 Å². The van der Waals surface area contributed by atoms with E-state index in [0.29, 0.717) is 32.3 Å². The quantitative estimate of drug-likeness (QED) is 0.569. The van der Waals surface area contributed by atoms with Gasteiger partial charge in [0.05, 0.1) is 14.4 Å². The van der Waals surface area contributed by atoms with E-state index in [9.17, 15) is 9.59 Å². The molecule has 0 unspecified atom stereocenters. The minimum atomic E-state index is -0.316. The third-order valence-electron chi connectivity index (χ3n) is 2.65. The Balaban J connectivity index is 2.32. The van der Waals surface area contributed by atoms with Crippen LogP contribution in [-0.4, -0.2) is 29.7 Å². The van der Waals surface area contributed by atoms with E-state index in [0.717, 1.165) is 16.7 Å². The van der Waals surface area contributed by atoms with Crippen LogP contribution < -0.4 is 4.74 Å². The number of carbonyl (C=O) groups excluding carboxylic acids is 2. The van der Waals surface area contributed by atoms with Gasteiger partial charge < -0.3 is 4.74 Å². The predicted octanol–water partition coefficient (Wildman–Crippen LogP) is 4.33. The second kappa shape index (κ2) is 6.68. The highest BCUT2D eigenvalue weighted by Crippen LogP contribution is 2.37. The lowest BCUT2D eigenvalue weighted by atomic mass is 10.2. The summed E-state index contributed by atoms with van der Waals surface area (Å²) in [6.07, 6.45) is 3.25. The zero-order valence-electron chi connectivity index (χ0n) is 11.1. The molecule has 1 aliphatic rings. The Labute approximate surface area is 139 Å². The van der Waals surface area contributed by atoms with Crippen LogP contribution >= 0.6 is 39.3 Å². The number of amides is 2. The molecule has 0 radical (unpaired) electrons. The molecule has 0 aliphatic carbocycles. The van der Waals surface area contributed by atoms with E-state index >= 15 is 0 Å². The van der Waals surface area contributed by atoms with Gasteiger partial charge in [-0.15, -0.1) is 0 Å². The minimum Gasteiger partial charge on any atom is -0.487 e. The number of rotatable bonds is 4. The average molecular weight is 389 g/mol. The Kier molecular flexibility index (Phi) is 5.13. The first-order valence-corrected chi connectivity index (χ1v) is 7.87. The molecule has 1 aromatic rings. The molecule has 0 aromatic heterocycles. The summed E-state index contributed by atoms with van der Waals surface area (Å²) in [6.45, 7) is 3.91. The van der Waals surface area contributed by atoms with Gasteiger partial charge in [-0.05, 0) is 51.5 Å². The maximum atomic E-state index is 11.8. The number of carbonyl (C=O) groups is 2. The Morgan fingerprint density at radius 3 is 2.71 bits per heavy atom. The molecule has 21 heavy (non-hydrogen) atoms. The monoisotopic (exact) mass is 387 g/mol. The Morgan fingerprint density at radius 2 is 2.19 bits per heavy atom. The summed E-state index contributed by atoms with van der Waals surface area (Å²) in [5.74, 6) is 0.196. The Bertz CT molecular complexity index is 637. The van der Waals surface area contributed by atoms with Crippen LogP contribution in [0.25, 0.3) is 6.08 Å². The van der Waals surface area contributed by atoms with Crippen molar-refractivity contribution in [1.82, 2.24) is 4.90 Å². The predicted molar refractivity (Wildman–Crippen MR) is 88.6 cm³/mol. The normalized spacial score (nSPS) is 16.7. The summed E-state index contributed by atoms with van der Waals surface area (Å²) in [5.41, 5.74) is 0.705. The van der Waals surface area contributed by atoms with Crippen LogP contribution in [-0.2, 0) is 4.79 Å². The maximum absolute atomic E-state index is 11.8. The van der Waals surface area contributed by atoms with E-state index in [1.165, 1.54) is 7.05 Å². The third kappa shape index (κ3) is 3.51. The lowest BCUT2D eigenvalue weighted by molar-refractivity contribution is -0.121. The highest BCUT2D eigenvalue weighted by molar-refractivity contribution is 9.10. The van der Waals surface area contributed by atoms with Gasteiger partial charge in [-0.3, -0.25) is 14.5 Å². The summed E-state index contributed by atoms with van der Waals surface area (Å²) < 4.78 is 6.11. The topological polar surface area (TPSA) is 46.6 Å². The number of thioether (sulfide) groups is 1. The van der Waals surface area contributed by atoms with Crippen LogP contribution in [0.3, 0.4) is 0 Å². The molecule has 7 heteroatoms. The van der Waals surface area contributed by atoms with E-state index in [1.807, 2.05) is 0 Å². The standard InChI is InChI=1S/C14H11BrClNO3S/c1-3-4-20-12-9(15)5-8(6-10(12)16)7-11-13(18)17(2)14(19)21-11/h3,5-7H,1,4H2,2H3/b11-7-. The van der Waals surface area contributed by atoms with Gasteiger partial charge in [0.1, 0.15) is 6.61 Å². The lowest BCUT2D eigenvalue weighted by Gasteiger charge is -2.09. The fraction of sp³-hybridized carbons (Fsp3) is 0.143. The lowest BCUT2D eigenvalue weighted by Crippen LogP contribution is -2.22. The molecular formula is C14H11BrClNO3S.